The molecule has 1 aromatic heterocycles. The Morgan fingerprint density at radius 2 is 1.96 bits per heavy atom. The topological polar surface area (TPSA) is 56.1 Å². The lowest BCUT2D eigenvalue weighted by molar-refractivity contribution is -0.116. The fourth-order valence-electron chi connectivity index (χ4n) is 3.33. The van der Waals surface area contributed by atoms with Crippen molar-refractivity contribution in [3.8, 4) is 11.4 Å². The van der Waals surface area contributed by atoms with Crippen molar-refractivity contribution < 1.29 is 13.9 Å². The molecule has 0 radical (unpaired) electrons. The molecule has 2 heterocycles. The van der Waals surface area contributed by atoms with Crippen molar-refractivity contribution in [3.63, 3.8) is 0 Å². The Kier molecular flexibility index (Phi) is 4.16. The van der Waals surface area contributed by atoms with E-state index < -0.39 is 0 Å². The molecular formula is C20H18FN3O2. The van der Waals surface area contributed by atoms with Crippen LogP contribution in [0.15, 0.2) is 54.7 Å². The first-order valence-electron chi connectivity index (χ1n) is 8.52. The number of ether oxygens (including phenoxy) is 1. The van der Waals surface area contributed by atoms with E-state index in [1.54, 1.807) is 23.0 Å². The van der Waals surface area contributed by atoms with Gasteiger partial charge in [0.1, 0.15) is 17.4 Å². The molecular weight excluding hydrogens is 333 g/mol. The number of fused-ring (bicyclic) bond motifs is 1. The van der Waals surface area contributed by atoms with Crippen LogP contribution in [-0.4, -0.2) is 22.3 Å². The van der Waals surface area contributed by atoms with Crippen molar-refractivity contribution in [1.82, 2.24) is 9.78 Å². The molecule has 0 bridgehead atoms. The van der Waals surface area contributed by atoms with Crippen LogP contribution in [-0.2, 0) is 4.79 Å². The predicted octanol–water partition coefficient (Wildman–Crippen LogP) is 3.88. The van der Waals surface area contributed by atoms with E-state index in [-0.39, 0.29) is 17.6 Å². The number of amides is 1. The van der Waals surface area contributed by atoms with Gasteiger partial charge in [-0.05, 0) is 37.3 Å². The molecule has 1 amide bonds. The van der Waals surface area contributed by atoms with E-state index in [1.165, 1.54) is 12.1 Å². The third-order valence-electron chi connectivity index (χ3n) is 4.49. The van der Waals surface area contributed by atoms with Gasteiger partial charge in [0.2, 0.25) is 5.91 Å². The van der Waals surface area contributed by atoms with Gasteiger partial charge in [0, 0.05) is 23.5 Å². The molecule has 1 aliphatic rings. The van der Waals surface area contributed by atoms with Crippen LogP contribution < -0.4 is 10.1 Å². The summed E-state index contributed by atoms with van der Waals surface area (Å²) in [4.78, 5) is 12.4. The fraction of sp³-hybridized carbons (Fsp3) is 0.200. The van der Waals surface area contributed by atoms with E-state index in [9.17, 15) is 9.18 Å². The lowest BCUT2D eigenvalue weighted by atomic mass is 9.87. The number of hydrogen-bond acceptors (Lipinski definition) is 3. The average Bonchev–Trinajstić information content (AvgIpc) is 3.06. The van der Waals surface area contributed by atoms with Gasteiger partial charge < -0.3 is 10.1 Å². The molecule has 0 aliphatic carbocycles. The second-order valence-corrected chi connectivity index (χ2v) is 6.11. The zero-order valence-corrected chi connectivity index (χ0v) is 14.3. The van der Waals surface area contributed by atoms with Crippen molar-refractivity contribution in [2.75, 3.05) is 11.9 Å². The fourth-order valence-corrected chi connectivity index (χ4v) is 3.33. The number of halogens is 1. The summed E-state index contributed by atoms with van der Waals surface area (Å²) < 4.78 is 20.6. The molecule has 5 nitrogen and oxygen atoms in total. The quantitative estimate of drug-likeness (QED) is 0.776. The maximum atomic E-state index is 13.2. The van der Waals surface area contributed by atoms with E-state index >= 15 is 0 Å². The minimum Gasteiger partial charge on any atom is -0.494 e. The molecule has 0 spiro atoms. The summed E-state index contributed by atoms with van der Waals surface area (Å²) in [5, 5.41) is 7.32. The molecule has 2 aromatic carbocycles. The first-order chi connectivity index (χ1) is 12.7. The average molecular weight is 351 g/mol. The highest BCUT2D eigenvalue weighted by atomic mass is 19.1. The SMILES string of the molecule is CCOc1ccccc1[C@H]1CC(=O)Nc2c1cnn2-c1ccc(F)cc1. The number of nitrogens with one attached hydrogen (secondary N) is 1. The van der Waals surface area contributed by atoms with Crippen LogP contribution in [0, 0.1) is 5.82 Å². The Bertz CT molecular complexity index is 950. The van der Waals surface area contributed by atoms with Crippen molar-refractivity contribution in [1.29, 1.82) is 0 Å². The largest absolute Gasteiger partial charge is 0.494 e. The van der Waals surface area contributed by atoms with E-state index in [0.29, 0.717) is 24.5 Å². The Balaban J connectivity index is 1.80. The van der Waals surface area contributed by atoms with Gasteiger partial charge in [0.05, 0.1) is 18.5 Å². The van der Waals surface area contributed by atoms with Gasteiger partial charge in [-0.1, -0.05) is 18.2 Å². The van der Waals surface area contributed by atoms with Gasteiger partial charge in [-0.15, -0.1) is 0 Å². The number of carbonyl (C=O) groups excluding carboxylic acids is 1. The number of benzene rings is 2. The Hall–Kier alpha value is -3.15. The van der Waals surface area contributed by atoms with Crippen LogP contribution in [0.4, 0.5) is 10.2 Å². The van der Waals surface area contributed by atoms with Gasteiger partial charge in [-0.3, -0.25) is 4.79 Å². The van der Waals surface area contributed by atoms with Crippen LogP contribution in [0.25, 0.3) is 5.69 Å². The van der Waals surface area contributed by atoms with Gasteiger partial charge in [-0.2, -0.15) is 5.10 Å². The van der Waals surface area contributed by atoms with Crippen LogP contribution >= 0.6 is 0 Å². The summed E-state index contributed by atoms with van der Waals surface area (Å²) in [6, 6.07) is 13.8. The molecule has 0 saturated carbocycles. The number of rotatable bonds is 4. The number of para-hydroxylation sites is 1. The molecule has 0 unspecified atom stereocenters. The Morgan fingerprint density at radius 1 is 1.19 bits per heavy atom. The van der Waals surface area contributed by atoms with Gasteiger partial charge in [-0.25, -0.2) is 9.07 Å². The predicted molar refractivity (Wildman–Crippen MR) is 96.2 cm³/mol. The normalized spacial score (nSPS) is 16.1. The third kappa shape index (κ3) is 2.83. The highest BCUT2D eigenvalue weighted by Crippen LogP contribution is 2.41. The van der Waals surface area contributed by atoms with E-state index in [1.807, 2.05) is 31.2 Å². The van der Waals surface area contributed by atoms with E-state index in [0.717, 1.165) is 16.9 Å². The number of carbonyl (C=O) groups is 1. The summed E-state index contributed by atoms with van der Waals surface area (Å²) in [6.07, 6.45) is 2.08. The standard InChI is InChI=1S/C20H18FN3O2/c1-2-26-18-6-4-3-5-15(18)16-11-19(25)23-20-17(16)12-22-24(20)14-9-7-13(21)8-10-14/h3-10,12,16H,2,11H2,1H3,(H,23,25)/t16-/m1/s1. The zero-order valence-electron chi connectivity index (χ0n) is 14.3. The number of hydrogen-bond donors (Lipinski definition) is 1. The lowest BCUT2D eigenvalue weighted by Crippen LogP contribution is -2.24. The van der Waals surface area contributed by atoms with E-state index in [4.69, 9.17) is 4.74 Å². The van der Waals surface area contributed by atoms with Crippen molar-refractivity contribution >= 4 is 11.7 Å². The number of anilines is 1. The molecule has 0 fully saturated rings. The van der Waals surface area contributed by atoms with Crippen LogP contribution in [0.3, 0.4) is 0 Å². The first kappa shape index (κ1) is 16.3. The van der Waals surface area contributed by atoms with Crippen LogP contribution in [0.2, 0.25) is 0 Å². The third-order valence-corrected chi connectivity index (χ3v) is 4.49. The molecule has 26 heavy (non-hydrogen) atoms. The molecule has 1 atom stereocenters. The molecule has 6 heteroatoms. The molecule has 3 aromatic rings. The van der Waals surface area contributed by atoms with Crippen molar-refractivity contribution in [3.05, 3.63) is 71.7 Å². The van der Waals surface area contributed by atoms with Crippen LogP contribution in [0.5, 0.6) is 5.75 Å². The van der Waals surface area contributed by atoms with E-state index in [2.05, 4.69) is 10.4 Å². The highest BCUT2D eigenvalue weighted by molar-refractivity contribution is 5.94. The highest BCUT2D eigenvalue weighted by Gasteiger charge is 2.32. The molecule has 1 N–H and O–H groups in total. The number of aromatic nitrogens is 2. The molecule has 4 rings (SSSR count). The Morgan fingerprint density at radius 3 is 2.73 bits per heavy atom. The van der Waals surface area contributed by atoms with Crippen molar-refractivity contribution in [2.24, 2.45) is 0 Å². The minimum absolute atomic E-state index is 0.0855. The monoisotopic (exact) mass is 351 g/mol. The molecule has 1 aliphatic heterocycles. The van der Waals surface area contributed by atoms with Crippen molar-refractivity contribution in [2.45, 2.75) is 19.3 Å². The second-order valence-electron chi connectivity index (χ2n) is 6.11. The lowest BCUT2D eigenvalue weighted by Gasteiger charge is -2.25. The summed E-state index contributed by atoms with van der Waals surface area (Å²) in [5.74, 6) is 0.843. The van der Waals surface area contributed by atoms with Gasteiger partial charge in [0.15, 0.2) is 0 Å². The summed E-state index contributed by atoms with van der Waals surface area (Å²) >= 11 is 0. The smallest absolute Gasteiger partial charge is 0.226 e. The minimum atomic E-state index is -0.317. The number of nitrogens with zero attached hydrogens (tertiary/aromatic N) is 2. The summed E-state index contributed by atoms with van der Waals surface area (Å²) in [6.45, 7) is 2.49. The van der Waals surface area contributed by atoms with Gasteiger partial charge >= 0.3 is 0 Å². The van der Waals surface area contributed by atoms with Gasteiger partial charge in [0.25, 0.3) is 0 Å². The molecule has 0 saturated heterocycles. The Labute approximate surface area is 150 Å². The second kappa shape index (κ2) is 6.63. The summed E-state index contributed by atoms with van der Waals surface area (Å²) in [5.41, 5.74) is 2.57. The maximum Gasteiger partial charge on any atom is 0.226 e. The van der Waals surface area contributed by atoms with Crippen LogP contribution in [0.1, 0.15) is 30.4 Å². The first-order valence-corrected chi connectivity index (χ1v) is 8.52. The zero-order chi connectivity index (χ0) is 18.1. The summed E-state index contributed by atoms with van der Waals surface area (Å²) in [7, 11) is 0. The molecule has 132 valence electrons. The maximum absolute atomic E-state index is 13.2.